The summed E-state index contributed by atoms with van der Waals surface area (Å²) in [6.07, 6.45) is 0. The lowest BCUT2D eigenvalue weighted by atomic mass is 9.99. The molecule has 0 bridgehead atoms. The van der Waals surface area contributed by atoms with E-state index in [-0.39, 0.29) is 54.1 Å². The normalized spacial score (nSPS) is 17.8. The Morgan fingerprint density at radius 3 is 2.79 bits per heavy atom. The number of carbonyl (C=O) groups excluding carboxylic acids is 2. The number of methoxy groups -OCH3 is 2. The summed E-state index contributed by atoms with van der Waals surface area (Å²) >= 11 is 5.90. The molecular weight excluding hydrogens is 467 g/mol. The van der Waals surface area contributed by atoms with Crippen LogP contribution < -0.4 is 14.8 Å². The Morgan fingerprint density at radius 2 is 2.06 bits per heavy atom. The van der Waals surface area contributed by atoms with E-state index in [2.05, 4.69) is 5.32 Å². The summed E-state index contributed by atoms with van der Waals surface area (Å²) in [5.74, 6) is -1.17. The molecule has 0 spiro atoms. The Labute approximate surface area is 200 Å². The largest absolute Gasteiger partial charge is 0.496 e. The molecule has 1 aromatic heterocycles. The minimum absolute atomic E-state index is 0.0132. The quantitative estimate of drug-likeness (QED) is 0.542. The van der Waals surface area contributed by atoms with Crippen molar-refractivity contribution in [2.45, 2.75) is 19.0 Å². The molecule has 180 valence electrons. The topological polar surface area (TPSA) is 90.2 Å². The van der Waals surface area contributed by atoms with Crippen LogP contribution in [0.15, 0.2) is 40.8 Å². The van der Waals surface area contributed by atoms with E-state index in [0.29, 0.717) is 11.0 Å². The fraction of sp³-hybridized carbons (Fsp3) is 0.333. The number of hydrogen-bond acceptors (Lipinski definition) is 6. The minimum Gasteiger partial charge on any atom is -0.496 e. The van der Waals surface area contributed by atoms with Crippen LogP contribution in [0.1, 0.15) is 23.0 Å². The van der Waals surface area contributed by atoms with Gasteiger partial charge in [-0.1, -0.05) is 23.7 Å². The van der Waals surface area contributed by atoms with Gasteiger partial charge in [0.05, 0.1) is 19.1 Å². The summed E-state index contributed by atoms with van der Waals surface area (Å²) in [6, 6.07) is 9.71. The number of halogens is 2. The Balaban J connectivity index is 1.65. The highest BCUT2D eigenvalue weighted by Crippen LogP contribution is 2.38. The number of rotatable bonds is 7. The van der Waals surface area contributed by atoms with E-state index in [1.54, 1.807) is 31.2 Å². The number of nitrogens with zero attached hydrogens (tertiary/aromatic N) is 1. The molecule has 0 aliphatic carbocycles. The second-order valence-corrected chi connectivity index (χ2v) is 8.46. The Hall–Kier alpha value is -3.30. The fourth-order valence-electron chi connectivity index (χ4n) is 3.95. The molecule has 0 radical (unpaired) electrons. The number of para-hydroxylation sites is 1. The van der Waals surface area contributed by atoms with Crippen molar-refractivity contribution in [3.05, 3.63) is 58.6 Å². The molecule has 0 fully saturated rings. The maximum Gasteiger partial charge on any atom is 0.294 e. The average molecular weight is 491 g/mol. The van der Waals surface area contributed by atoms with Crippen LogP contribution in [0.25, 0.3) is 11.0 Å². The zero-order chi connectivity index (χ0) is 24.5. The molecule has 4 rings (SSSR count). The zero-order valence-corrected chi connectivity index (χ0v) is 19.7. The SMILES string of the molecule is COCCN1C(=O)c2oc3ccccc3c2OCC1(C)C(=O)NCc1c(F)cc(Cl)cc1OC. The third-order valence-corrected chi connectivity index (χ3v) is 6.07. The lowest BCUT2D eigenvalue weighted by Gasteiger charge is -2.37. The predicted molar refractivity (Wildman–Crippen MR) is 123 cm³/mol. The molecule has 1 N–H and O–H groups in total. The van der Waals surface area contributed by atoms with Crippen molar-refractivity contribution in [1.82, 2.24) is 10.2 Å². The van der Waals surface area contributed by atoms with Gasteiger partial charge in [0.2, 0.25) is 11.7 Å². The third kappa shape index (κ3) is 4.17. The molecule has 8 nitrogen and oxygen atoms in total. The van der Waals surface area contributed by atoms with E-state index in [4.69, 9.17) is 30.2 Å². The summed E-state index contributed by atoms with van der Waals surface area (Å²) in [6.45, 7) is 1.55. The van der Waals surface area contributed by atoms with Gasteiger partial charge in [-0.25, -0.2) is 4.39 Å². The third-order valence-electron chi connectivity index (χ3n) is 5.86. The van der Waals surface area contributed by atoms with E-state index >= 15 is 0 Å². The zero-order valence-electron chi connectivity index (χ0n) is 18.9. The van der Waals surface area contributed by atoms with E-state index in [0.717, 1.165) is 6.07 Å². The van der Waals surface area contributed by atoms with Crippen molar-refractivity contribution >= 4 is 34.4 Å². The smallest absolute Gasteiger partial charge is 0.294 e. The van der Waals surface area contributed by atoms with Gasteiger partial charge in [0, 0.05) is 30.8 Å². The van der Waals surface area contributed by atoms with Gasteiger partial charge in [-0.15, -0.1) is 0 Å². The standard InChI is InChI=1S/C24H24ClFN2O6/c1-24(23(30)27-12-16-17(26)10-14(25)11-19(16)32-3)13-33-20-15-6-4-5-7-18(15)34-21(20)22(29)28(24)8-9-31-2/h4-7,10-11H,8-9,12-13H2,1-3H3,(H,27,30). The molecule has 0 saturated carbocycles. The first-order valence-electron chi connectivity index (χ1n) is 10.6. The highest BCUT2D eigenvalue weighted by Gasteiger charge is 2.47. The first-order chi connectivity index (χ1) is 16.3. The first-order valence-corrected chi connectivity index (χ1v) is 10.9. The van der Waals surface area contributed by atoms with Gasteiger partial charge in [0.15, 0.2) is 11.3 Å². The number of nitrogens with one attached hydrogen (secondary N) is 1. The summed E-state index contributed by atoms with van der Waals surface area (Å²) in [5.41, 5.74) is -0.800. The molecular formula is C24H24ClFN2O6. The number of ether oxygens (including phenoxy) is 3. The highest BCUT2D eigenvalue weighted by atomic mass is 35.5. The second kappa shape index (κ2) is 9.52. The molecule has 10 heteroatoms. The minimum atomic E-state index is -1.44. The maximum atomic E-state index is 14.5. The summed E-state index contributed by atoms with van der Waals surface area (Å²) in [4.78, 5) is 28.3. The van der Waals surface area contributed by atoms with Crippen LogP contribution in [-0.2, 0) is 16.1 Å². The Bertz CT molecular complexity index is 1250. The Morgan fingerprint density at radius 1 is 1.29 bits per heavy atom. The molecule has 3 aromatic rings. The van der Waals surface area contributed by atoms with Crippen LogP contribution in [-0.4, -0.2) is 56.2 Å². The van der Waals surface area contributed by atoms with Gasteiger partial charge in [-0.05, 0) is 31.2 Å². The average Bonchev–Trinajstić information content (AvgIpc) is 3.15. The van der Waals surface area contributed by atoms with Crippen molar-refractivity contribution in [3.8, 4) is 11.5 Å². The number of carbonyl (C=O) groups is 2. The second-order valence-electron chi connectivity index (χ2n) is 8.02. The van der Waals surface area contributed by atoms with Gasteiger partial charge in [0.25, 0.3) is 5.91 Å². The fourth-order valence-corrected chi connectivity index (χ4v) is 4.15. The molecule has 34 heavy (non-hydrogen) atoms. The summed E-state index contributed by atoms with van der Waals surface area (Å²) in [5, 5.41) is 3.51. The van der Waals surface area contributed by atoms with Crippen molar-refractivity contribution < 1.29 is 32.6 Å². The number of furan rings is 1. The lowest BCUT2D eigenvalue weighted by molar-refractivity contribution is -0.133. The maximum absolute atomic E-state index is 14.5. The van der Waals surface area contributed by atoms with Gasteiger partial charge in [0.1, 0.15) is 23.8 Å². The number of benzene rings is 2. The van der Waals surface area contributed by atoms with Crippen LogP contribution in [0.5, 0.6) is 11.5 Å². The van der Waals surface area contributed by atoms with Crippen molar-refractivity contribution in [3.63, 3.8) is 0 Å². The monoisotopic (exact) mass is 490 g/mol. The summed E-state index contributed by atoms with van der Waals surface area (Å²) < 4.78 is 36.6. The molecule has 2 heterocycles. The van der Waals surface area contributed by atoms with E-state index in [1.807, 2.05) is 0 Å². The predicted octanol–water partition coefficient (Wildman–Crippen LogP) is 3.79. The molecule has 0 saturated heterocycles. The van der Waals surface area contributed by atoms with Crippen molar-refractivity contribution in [2.75, 3.05) is 34.0 Å². The highest BCUT2D eigenvalue weighted by molar-refractivity contribution is 6.30. The van der Waals surface area contributed by atoms with Gasteiger partial charge in [-0.2, -0.15) is 0 Å². The van der Waals surface area contributed by atoms with E-state index in [1.165, 1.54) is 25.2 Å². The molecule has 1 atom stereocenters. The van der Waals surface area contributed by atoms with E-state index in [9.17, 15) is 14.0 Å². The van der Waals surface area contributed by atoms with Crippen LogP contribution in [0, 0.1) is 5.82 Å². The molecule has 2 amide bonds. The summed E-state index contributed by atoms with van der Waals surface area (Å²) in [7, 11) is 2.88. The van der Waals surface area contributed by atoms with Gasteiger partial charge in [-0.3, -0.25) is 9.59 Å². The first kappa shape index (κ1) is 23.8. The van der Waals surface area contributed by atoms with Crippen molar-refractivity contribution in [2.24, 2.45) is 0 Å². The van der Waals surface area contributed by atoms with E-state index < -0.39 is 23.2 Å². The molecule has 2 aromatic carbocycles. The van der Waals surface area contributed by atoms with Crippen LogP contribution >= 0.6 is 11.6 Å². The molecule has 1 aliphatic heterocycles. The number of amides is 2. The van der Waals surface area contributed by atoms with Gasteiger partial charge >= 0.3 is 0 Å². The number of fused-ring (bicyclic) bond motifs is 3. The molecule has 1 aliphatic rings. The van der Waals surface area contributed by atoms with Crippen LogP contribution in [0.3, 0.4) is 0 Å². The lowest BCUT2D eigenvalue weighted by Crippen LogP contribution is -2.61. The number of hydrogen-bond donors (Lipinski definition) is 1. The van der Waals surface area contributed by atoms with Gasteiger partial charge < -0.3 is 28.8 Å². The Kier molecular flexibility index (Phi) is 6.67. The molecule has 1 unspecified atom stereocenters. The van der Waals surface area contributed by atoms with Crippen LogP contribution in [0.2, 0.25) is 5.02 Å². The van der Waals surface area contributed by atoms with Crippen LogP contribution in [0.4, 0.5) is 4.39 Å². The van der Waals surface area contributed by atoms with Crippen molar-refractivity contribution in [1.29, 1.82) is 0 Å².